The van der Waals surface area contributed by atoms with Crippen molar-refractivity contribution >= 4 is 11.9 Å². The number of ether oxygens (including phenoxy) is 1. The summed E-state index contributed by atoms with van der Waals surface area (Å²) < 4.78 is 9.79. The molecule has 0 aliphatic carbocycles. The Bertz CT molecular complexity index is 643. The molecule has 0 radical (unpaired) electrons. The number of carbonyl (C=O) groups is 2. The number of methoxy groups -OCH3 is 1. The molecule has 0 aliphatic rings. The van der Waals surface area contributed by atoms with Crippen LogP contribution in [0.1, 0.15) is 32.0 Å². The minimum atomic E-state index is -0.375. The van der Waals surface area contributed by atoms with E-state index in [1.54, 1.807) is 49.2 Å². The molecule has 0 saturated carbocycles. The van der Waals surface area contributed by atoms with Gasteiger partial charge in [-0.1, -0.05) is 12.1 Å². The molecule has 0 spiro atoms. The van der Waals surface area contributed by atoms with Crippen LogP contribution in [0.15, 0.2) is 41.0 Å². The van der Waals surface area contributed by atoms with Gasteiger partial charge < -0.3 is 14.1 Å². The van der Waals surface area contributed by atoms with Crippen molar-refractivity contribution < 1.29 is 18.7 Å². The summed E-state index contributed by atoms with van der Waals surface area (Å²) >= 11 is 0. The summed E-state index contributed by atoms with van der Waals surface area (Å²) in [6.07, 6.45) is 1.50. The van der Waals surface area contributed by atoms with Crippen molar-refractivity contribution in [1.82, 2.24) is 4.90 Å². The van der Waals surface area contributed by atoms with Gasteiger partial charge in [0.25, 0.3) is 5.91 Å². The molecule has 0 bridgehead atoms. The Labute approximate surface area is 123 Å². The number of aryl methyl sites for hydroxylation is 1. The van der Waals surface area contributed by atoms with Crippen molar-refractivity contribution in [1.29, 1.82) is 0 Å². The number of esters is 1. The third-order valence-corrected chi connectivity index (χ3v) is 3.23. The third-order valence-electron chi connectivity index (χ3n) is 3.23. The summed E-state index contributed by atoms with van der Waals surface area (Å²) in [5, 5.41) is 0. The SMILES string of the molecule is COC(=O)c1ccc(CN(C)C(=O)c2ccoc2C)cc1. The Balaban J connectivity index is 2.06. The van der Waals surface area contributed by atoms with Gasteiger partial charge in [-0.15, -0.1) is 0 Å². The van der Waals surface area contributed by atoms with Gasteiger partial charge in [0.15, 0.2) is 0 Å². The van der Waals surface area contributed by atoms with Crippen LogP contribution in [0.25, 0.3) is 0 Å². The van der Waals surface area contributed by atoms with E-state index >= 15 is 0 Å². The van der Waals surface area contributed by atoms with E-state index < -0.39 is 0 Å². The molecular formula is C16H17NO4. The molecule has 110 valence electrons. The molecule has 0 fully saturated rings. The summed E-state index contributed by atoms with van der Waals surface area (Å²) in [7, 11) is 3.07. The predicted octanol–water partition coefficient (Wildman–Crippen LogP) is 2.65. The molecule has 0 aliphatic heterocycles. The van der Waals surface area contributed by atoms with Crippen molar-refractivity contribution in [2.24, 2.45) is 0 Å². The average molecular weight is 287 g/mol. The Morgan fingerprint density at radius 3 is 2.38 bits per heavy atom. The van der Waals surface area contributed by atoms with Crippen molar-refractivity contribution in [2.45, 2.75) is 13.5 Å². The molecule has 2 rings (SSSR count). The van der Waals surface area contributed by atoms with Gasteiger partial charge >= 0.3 is 5.97 Å². The highest BCUT2D eigenvalue weighted by Gasteiger charge is 2.16. The van der Waals surface area contributed by atoms with Gasteiger partial charge in [0.05, 0.1) is 24.5 Å². The van der Waals surface area contributed by atoms with Crippen LogP contribution in [0.4, 0.5) is 0 Å². The molecule has 0 unspecified atom stereocenters. The molecule has 1 heterocycles. The van der Waals surface area contributed by atoms with Crippen LogP contribution in [-0.2, 0) is 11.3 Å². The van der Waals surface area contributed by atoms with E-state index in [4.69, 9.17) is 4.42 Å². The topological polar surface area (TPSA) is 59.8 Å². The number of nitrogens with zero attached hydrogens (tertiary/aromatic N) is 1. The standard InChI is InChI=1S/C16H17NO4/c1-11-14(8-9-21-11)15(18)17(2)10-12-4-6-13(7-5-12)16(19)20-3/h4-9H,10H2,1-3H3. The maximum atomic E-state index is 12.2. The fourth-order valence-electron chi connectivity index (χ4n) is 2.02. The molecule has 0 saturated heterocycles. The minimum absolute atomic E-state index is 0.0988. The van der Waals surface area contributed by atoms with Gasteiger partial charge in [-0.3, -0.25) is 4.79 Å². The third kappa shape index (κ3) is 3.31. The lowest BCUT2D eigenvalue weighted by Gasteiger charge is -2.17. The van der Waals surface area contributed by atoms with Crippen LogP contribution in [0.5, 0.6) is 0 Å². The smallest absolute Gasteiger partial charge is 0.337 e. The lowest BCUT2D eigenvalue weighted by molar-refractivity contribution is 0.0600. The zero-order valence-electron chi connectivity index (χ0n) is 12.3. The molecule has 1 aromatic heterocycles. The highest BCUT2D eigenvalue weighted by Crippen LogP contribution is 2.14. The van der Waals surface area contributed by atoms with Crippen LogP contribution in [0, 0.1) is 6.92 Å². The van der Waals surface area contributed by atoms with E-state index in [1.165, 1.54) is 13.4 Å². The molecule has 5 heteroatoms. The highest BCUT2D eigenvalue weighted by molar-refractivity contribution is 5.95. The monoisotopic (exact) mass is 287 g/mol. The maximum Gasteiger partial charge on any atom is 0.337 e. The summed E-state index contributed by atoms with van der Waals surface area (Å²) in [4.78, 5) is 25.2. The van der Waals surface area contributed by atoms with Gasteiger partial charge in [0.1, 0.15) is 5.76 Å². The highest BCUT2D eigenvalue weighted by atomic mass is 16.5. The van der Waals surface area contributed by atoms with Gasteiger partial charge in [-0.05, 0) is 30.7 Å². The largest absolute Gasteiger partial charge is 0.469 e. The number of rotatable bonds is 4. The average Bonchev–Trinajstić information content (AvgIpc) is 2.92. The molecule has 1 amide bonds. The van der Waals surface area contributed by atoms with Crippen molar-refractivity contribution in [2.75, 3.05) is 14.2 Å². The first-order chi connectivity index (χ1) is 10.0. The lowest BCUT2D eigenvalue weighted by Crippen LogP contribution is -2.26. The molecule has 5 nitrogen and oxygen atoms in total. The van der Waals surface area contributed by atoms with Gasteiger partial charge in [-0.25, -0.2) is 4.79 Å². The number of furan rings is 1. The molecule has 2 aromatic rings. The van der Waals surface area contributed by atoms with E-state index in [2.05, 4.69) is 4.74 Å². The predicted molar refractivity (Wildman–Crippen MR) is 77.0 cm³/mol. The summed E-state index contributed by atoms with van der Waals surface area (Å²) in [6, 6.07) is 8.64. The fourth-order valence-corrected chi connectivity index (χ4v) is 2.02. The Morgan fingerprint density at radius 1 is 1.19 bits per heavy atom. The minimum Gasteiger partial charge on any atom is -0.469 e. The second-order valence-electron chi connectivity index (χ2n) is 4.74. The van der Waals surface area contributed by atoms with E-state index in [0.717, 1.165) is 5.56 Å². The van der Waals surface area contributed by atoms with Crippen molar-refractivity contribution in [3.05, 3.63) is 59.0 Å². The van der Waals surface area contributed by atoms with Crippen LogP contribution < -0.4 is 0 Å². The molecule has 0 N–H and O–H groups in total. The van der Waals surface area contributed by atoms with Gasteiger partial charge in [0.2, 0.25) is 0 Å². The van der Waals surface area contributed by atoms with Crippen LogP contribution in [0.2, 0.25) is 0 Å². The number of hydrogen-bond acceptors (Lipinski definition) is 4. The van der Waals surface area contributed by atoms with Crippen LogP contribution in [0.3, 0.4) is 0 Å². The van der Waals surface area contributed by atoms with Gasteiger partial charge in [-0.2, -0.15) is 0 Å². The number of hydrogen-bond donors (Lipinski definition) is 0. The maximum absolute atomic E-state index is 12.2. The first-order valence-electron chi connectivity index (χ1n) is 6.49. The van der Waals surface area contributed by atoms with Crippen molar-refractivity contribution in [3.8, 4) is 0 Å². The molecular weight excluding hydrogens is 270 g/mol. The first-order valence-corrected chi connectivity index (χ1v) is 6.49. The zero-order valence-corrected chi connectivity index (χ0v) is 12.3. The molecule has 21 heavy (non-hydrogen) atoms. The summed E-state index contributed by atoms with van der Waals surface area (Å²) in [6.45, 7) is 2.21. The van der Waals surface area contributed by atoms with E-state index in [-0.39, 0.29) is 11.9 Å². The fraction of sp³-hybridized carbons (Fsp3) is 0.250. The first kappa shape index (κ1) is 14.8. The summed E-state index contributed by atoms with van der Waals surface area (Å²) in [5.41, 5.74) is 1.98. The van der Waals surface area contributed by atoms with E-state index in [1.807, 2.05) is 0 Å². The number of amides is 1. The Morgan fingerprint density at radius 2 is 1.86 bits per heavy atom. The quantitative estimate of drug-likeness (QED) is 0.811. The van der Waals surface area contributed by atoms with Crippen LogP contribution in [-0.4, -0.2) is 30.9 Å². The Kier molecular flexibility index (Phi) is 4.42. The Hall–Kier alpha value is -2.56. The van der Waals surface area contributed by atoms with E-state index in [0.29, 0.717) is 23.4 Å². The number of benzene rings is 1. The normalized spacial score (nSPS) is 10.2. The molecule has 0 atom stereocenters. The van der Waals surface area contributed by atoms with Gasteiger partial charge in [0, 0.05) is 13.6 Å². The van der Waals surface area contributed by atoms with Crippen LogP contribution >= 0.6 is 0 Å². The summed E-state index contributed by atoms with van der Waals surface area (Å²) in [5.74, 6) is 0.131. The second kappa shape index (κ2) is 6.26. The van der Waals surface area contributed by atoms with Crippen molar-refractivity contribution in [3.63, 3.8) is 0 Å². The zero-order chi connectivity index (χ0) is 15.4. The lowest BCUT2D eigenvalue weighted by atomic mass is 10.1. The molecule has 1 aromatic carbocycles. The number of carbonyl (C=O) groups excluding carboxylic acids is 2. The van der Waals surface area contributed by atoms with E-state index in [9.17, 15) is 9.59 Å². The second-order valence-corrected chi connectivity index (χ2v) is 4.74.